The number of benzene rings is 2. The van der Waals surface area contributed by atoms with Crippen LogP contribution in [0.3, 0.4) is 0 Å². The molecule has 2 rings (SSSR count). The summed E-state index contributed by atoms with van der Waals surface area (Å²) < 4.78 is 5.28. The van der Waals surface area contributed by atoms with Crippen molar-refractivity contribution in [2.75, 3.05) is 11.9 Å². The second kappa shape index (κ2) is 6.69. The molecule has 0 aromatic heterocycles. The zero-order valence-electron chi connectivity index (χ0n) is 13.4. The summed E-state index contributed by atoms with van der Waals surface area (Å²) in [7, 11) is 0. The Morgan fingerprint density at radius 3 is 2.41 bits per heavy atom. The molecule has 0 radical (unpaired) electrons. The quantitative estimate of drug-likeness (QED) is 0.760. The monoisotopic (exact) mass is 363 g/mol. The molecule has 0 unspecified atom stereocenters. The summed E-state index contributed by atoms with van der Waals surface area (Å²) in [5.41, 5.74) is 0.796. The van der Waals surface area contributed by atoms with Gasteiger partial charge in [-0.3, -0.25) is 4.79 Å². The SMILES string of the molecule is CC(C)COc1ccc(NC(=O)C(C)(C)Br)c2ccccc12. The van der Waals surface area contributed by atoms with E-state index < -0.39 is 4.32 Å². The van der Waals surface area contributed by atoms with E-state index in [0.29, 0.717) is 12.5 Å². The molecule has 2 aromatic rings. The topological polar surface area (TPSA) is 38.3 Å². The summed E-state index contributed by atoms with van der Waals surface area (Å²) in [6.07, 6.45) is 0. The molecule has 1 N–H and O–H groups in total. The Bertz CT molecular complexity index is 674. The number of rotatable bonds is 5. The fourth-order valence-electron chi connectivity index (χ4n) is 2.03. The number of nitrogens with one attached hydrogen (secondary N) is 1. The van der Waals surface area contributed by atoms with Gasteiger partial charge in [0.25, 0.3) is 0 Å². The molecular weight excluding hydrogens is 342 g/mol. The Balaban J connectivity index is 2.38. The van der Waals surface area contributed by atoms with Crippen LogP contribution >= 0.6 is 15.9 Å². The van der Waals surface area contributed by atoms with Gasteiger partial charge >= 0.3 is 0 Å². The van der Waals surface area contributed by atoms with Gasteiger partial charge in [-0.15, -0.1) is 0 Å². The Kier molecular flexibility index (Phi) is 5.12. The van der Waals surface area contributed by atoms with E-state index >= 15 is 0 Å². The van der Waals surface area contributed by atoms with E-state index in [0.717, 1.165) is 22.2 Å². The molecule has 3 nitrogen and oxygen atoms in total. The molecule has 0 saturated carbocycles. The Morgan fingerprint density at radius 2 is 1.82 bits per heavy atom. The van der Waals surface area contributed by atoms with Crippen molar-refractivity contribution < 1.29 is 9.53 Å². The lowest BCUT2D eigenvalue weighted by Gasteiger charge is -2.18. The molecule has 1 amide bonds. The van der Waals surface area contributed by atoms with Crippen molar-refractivity contribution in [3.05, 3.63) is 36.4 Å². The van der Waals surface area contributed by atoms with Crippen LogP contribution in [0.4, 0.5) is 5.69 Å². The summed E-state index contributed by atoms with van der Waals surface area (Å²) in [6.45, 7) is 8.56. The minimum absolute atomic E-state index is 0.0755. The number of ether oxygens (including phenoxy) is 1. The lowest BCUT2D eigenvalue weighted by atomic mass is 10.1. The molecule has 0 aliphatic heterocycles. The van der Waals surface area contributed by atoms with E-state index in [1.165, 1.54) is 0 Å². The summed E-state index contributed by atoms with van der Waals surface area (Å²) in [5, 5.41) is 4.96. The molecule has 0 heterocycles. The van der Waals surface area contributed by atoms with Crippen molar-refractivity contribution in [3.8, 4) is 5.75 Å². The maximum atomic E-state index is 12.2. The molecule has 4 heteroatoms. The van der Waals surface area contributed by atoms with Crippen LogP contribution in [0.2, 0.25) is 0 Å². The Morgan fingerprint density at radius 1 is 1.18 bits per heavy atom. The predicted molar refractivity (Wildman–Crippen MR) is 95.9 cm³/mol. The zero-order chi connectivity index (χ0) is 16.3. The third kappa shape index (κ3) is 4.01. The first-order chi connectivity index (χ1) is 10.3. The van der Waals surface area contributed by atoms with Crippen LogP contribution in [0.15, 0.2) is 36.4 Å². The van der Waals surface area contributed by atoms with E-state index in [9.17, 15) is 4.79 Å². The second-order valence-electron chi connectivity index (χ2n) is 6.29. The number of halogens is 1. The Hall–Kier alpha value is -1.55. The summed E-state index contributed by atoms with van der Waals surface area (Å²) >= 11 is 3.38. The van der Waals surface area contributed by atoms with E-state index in [4.69, 9.17) is 4.74 Å². The van der Waals surface area contributed by atoms with E-state index in [2.05, 4.69) is 35.1 Å². The highest BCUT2D eigenvalue weighted by molar-refractivity contribution is 9.10. The fourth-order valence-corrected chi connectivity index (χ4v) is 2.13. The average molecular weight is 364 g/mol. The van der Waals surface area contributed by atoms with Crippen LogP contribution < -0.4 is 10.1 Å². The van der Waals surface area contributed by atoms with Crippen molar-refractivity contribution in [2.24, 2.45) is 5.92 Å². The minimum atomic E-state index is -0.610. The number of anilines is 1. The van der Waals surface area contributed by atoms with E-state index in [-0.39, 0.29) is 5.91 Å². The van der Waals surface area contributed by atoms with Crippen LogP contribution in [-0.2, 0) is 4.79 Å². The van der Waals surface area contributed by atoms with Gasteiger partial charge in [-0.1, -0.05) is 54.0 Å². The maximum absolute atomic E-state index is 12.2. The minimum Gasteiger partial charge on any atom is -0.493 e. The molecule has 0 atom stereocenters. The lowest BCUT2D eigenvalue weighted by molar-refractivity contribution is -0.117. The number of alkyl halides is 1. The predicted octanol–water partition coefficient (Wildman–Crippen LogP) is 4.99. The molecule has 0 bridgehead atoms. The third-order valence-electron chi connectivity index (χ3n) is 3.24. The number of amides is 1. The maximum Gasteiger partial charge on any atom is 0.240 e. The van der Waals surface area contributed by atoms with E-state index in [1.54, 1.807) is 0 Å². The van der Waals surface area contributed by atoms with Crippen LogP contribution in [-0.4, -0.2) is 16.8 Å². The standard InChI is InChI=1S/C18H22BrNO2/c1-12(2)11-22-16-10-9-15(20-17(21)18(3,4)19)13-7-5-6-8-14(13)16/h5-10,12H,11H2,1-4H3,(H,20,21). The van der Waals surface area contributed by atoms with E-state index in [1.807, 2.05) is 50.2 Å². The first-order valence-electron chi connectivity index (χ1n) is 7.44. The highest BCUT2D eigenvalue weighted by Crippen LogP contribution is 2.32. The smallest absolute Gasteiger partial charge is 0.240 e. The molecule has 22 heavy (non-hydrogen) atoms. The van der Waals surface area contributed by atoms with Crippen molar-refractivity contribution >= 4 is 38.3 Å². The van der Waals surface area contributed by atoms with Gasteiger partial charge in [-0.2, -0.15) is 0 Å². The molecule has 0 saturated heterocycles. The van der Waals surface area contributed by atoms with Gasteiger partial charge in [0.05, 0.1) is 10.9 Å². The third-order valence-corrected chi connectivity index (χ3v) is 3.60. The fraction of sp³-hybridized carbons (Fsp3) is 0.389. The number of hydrogen-bond donors (Lipinski definition) is 1. The highest BCUT2D eigenvalue weighted by Gasteiger charge is 2.24. The second-order valence-corrected chi connectivity index (χ2v) is 8.27. The van der Waals surface area contributed by atoms with Gasteiger partial charge in [0.1, 0.15) is 5.75 Å². The van der Waals surface area contributed by atoms with Gasteiger partial charge in [0.2, 0.25) is 5.91 Å². The highest BCUT2D eigenvalue weighted by atomic mass is 79.9. The molecule has 0 aliphatic carbocycles. The van der Waals surface area contributed by atoms with Crippen molar-refractivity contribution in [3.63, 3.8) is 0 Å². The summed E-state index contributed by atoms with van der Waals surface area (Å²) in [6, 6.07) is 11.8. The molecular formula is C18H22BrNO2. The molecule has 0 fully saturated rings. The summed E-state index contributed by atoms with van der Waals surface area (Å²) in [4.78, 5) is 12.2. The van der Waals surface area contributed by atoms with Gasteiger partial charge < -0.3 is 10.1 Å². The average Bonchev–Trinajstić information content (AvgIpc) is 2.45. The molecule has 0 aliphatic rings. The first-order valence-corrected chi connectivity index (χ1v) is 8.23. The van der Waals surface area contributed by atoms with Crippen LogP contribution in [0.1, 0.15) is 27.7 Å². The number of carbonyl (C=O) groups excluding carboxylic acids is 1. The molecule has 0 spiro atoms. The van der Waals surface area contributed by atoms with Crippen LogP contribution in [0.25, 0.3) is 10.8 Å². The summed E-state index contributed by atoms with van der Waals surface area (Å²) in [5.74, 6) is 1.24. The number of fused-ring (bicyclic) bond motifs is 1. The first kappa shape index (κ1) is 16.8. The van der Waals surface area contributed by atoms with Gasteiger partial charge in [-0.25, -0.2) is 0 Å². The van der Waals surface area contributed by atoms with Crippen molar-refractivity contribution in [2.45, 2.75) is 32.0 Å². The van der Waals surface area contributed by atoms with Gasteiger partial charge in [-0.05, 0) is 31.9 Å². The lowest BCUT2D eigenvalue weighted by Crippen LogP contribution is -2.31. The van der Waals surface area contributed by atoms with Crippen molar-refractivity contribution in [1.29, 1.82) is 0 Å². The van der Waals surface area contributed by atoms with Gasteiger partial charge in [0, 0.05) is 16.5 Å². The van der Waals surface area contributed by atoms with Gasteiger partial charge in [0.15, 0.2) is 0 Å². The Labute approximate surface area is 140 Å². The number of hydrogen-bond acceptors (Lipinski definition) is 2. The number of carbonyl (C=O) groups is 1. The normalized spacial score (nSPS) is 11.7. The van der Waals surface area contributed by atoms with Crippen LogP contribution in [0, 0.1) is 5.92 Å². The molecule has 2 aromatic carbocycles. The zero-order valence-corrected chi connectivity index (χ0v) is 15.0. The molecule has 118 valence electrons. The van der Waals surface area contributed by atoms with Crippen molar-refractivity contribution in [1.82, 2.24) is 0 Å². The van der Waals surface area contributed by atoms with Crippen LogP contribution in [0.5, 0.6) is 5.75 Å². The largest absolute Gasteiger partial charge is 0.493 e.